The second-order valence-electron chi connectivity index (χ2n) is 6.40. The van der Waals surface area contributed by atoms with Crippen molar-refractivity contribution in [3.8, 4) is 0 Å². The molecule has 2 rings (SSSR count). The third kappa shape index (κ3) is 2.68. The molecule has 3 atom stereocenters. The third-order valence-electron chi connectivity index (χ3n) is 5.16. The van der Waals surface area contributed by atoms with E-state index in [-0.39, 0.29) is 5.54 Å². The number of hydrogen-bond donors (Lipinski definition) is 1. The Morgan fingerprint density at radius 2 is 1.88 bits per heavy atom. The number of rotatable bonds is 4. The molecule has 0 aromatic rings. The van der Waals surface area contributed by atoms with E-state index in [2.05, 4.69) is 18.7 Å². The van der Waals surface area contributed by atoms with Crippen LogP contribution in [-0.4, -0.2) is 29.6 Å². The molecule has 0 aromatic heterocycles. The fraction of sp³-hybridized carbons (Fsp3) is 1.00. The molecule has 0 radical (unpaired) electrons. The minimum Gasteiger partial charge on any atom is -0.329 e. The molecule has 17 heavy (non-hydrogen) atoms. The summed E-state index contributed by atoms with van der Waals surface area (Å²) in [5, 5.41) is 0. The van der Waals surface area contributed by atoms with Gasteiger partial charge in [-0.1, -0.05) is 26.2 Å². The molecule has 100 valence electrons. The van der Waals surface area contributed by atoms with Gasteiger partial charge in [-0.25, -0.2) is 0 Å². The van der Waals surface area contributed by atoms with E-state index in [9.17, 15) is 0 Å². The molecule has 0 amide bonds. The first-order valence-electron chi connectivity index (χ1n) is 7.68. The summed E-state index contributed by atoms with van der Waals surface area (Å²) >= 11 is 0. The summed E-state index contributed by atoms with van der Waals surface area (Å²) in [7, 11) is 0. The van der Waals surface area contributed by atoms with Crippen molar-refractivity contribution in [1.82, 2.24) is 4.90 Å². The SMILES string of the molecule is CCCC(C)(CN)N1CCCC2CCCCC21. The van der Waals surface area contributed by atoms with Crippen molar-refractivity contribution in [1.29, 1.82) is 0 Å². The summed E-state index contributed by atoms with van der Waals surface area (Å²) in [6.45, 7) is 6.79. The normalized spacial score (nSPS) is 34.1. The standard InChI is InChI=1S/C15H30N2/c1-3-10-15(2,12-16)17-11-6-8-13-7-4-5-9-14(13)17/h13-14H,3-12,16H2,1-2H3. The number of hydrogen-bond acceptors (Lipinski definition) is 2. The molecule has 2 heteroatoms. The average Bonchev–Trinajstić information content (AvgIpc) is 2.38. The van der Waals surface area contributed by atoms with Crippen molar-refractivity contribution >= 4 is 0 Å². The van der Waals surface area contributed by atoms with Gasteiger partial charge in [0.25, 0.3) is 0 Å². The molecular weight excluding hydrogens is 208 g/mol. The highest BCUT2D eigenvalue weighted by Gasteiger charge is 2.41. The molecular formula is C15H30N2. The topological polar surface area (TPSA) is 29.3 Å². The van der Waals surface area contributed by atoms with E-state index in [0.717, 1.165) is 18.5 Å². The van der Waals surface area contributed by atoms with Gasteiger partial charge in [-0.3, -0.25) is 4.90 Å². The van der Waals surface area contributed by atoms with Crippen molar-refractivity contribution < 1.29 is 0 Å². The van der Waals surface area contributed by atoms with Crippen LogP contribution in [0.4, 0.5) is 0 Å². The third-order valence-corrected chi connectivity index (χ3v) is 5.16. The summed E-state index contributed by atoms with van der Waals surface area (Å²) in [5.74, 6) is 0.972. The average molecular weight is 238 g/mol. The van der Waals surface area contributed by atoms with Gasteiger partial charge < -0.3 is 5.73 Å². The zero-order valence-corrected chi connectivity index (χ0v) is 11.8. The zero-order valence-electron chi connectivity index (χ0n) is 11.8. The van der Waals surface area contributed by atoms with Crippen LogP contribution in [0.3, 0.4) is 0 Å². The lowest BCUT2D eigenvalue weighted by Gasteiger charge is -2.52. The summed E-state index contributed by atoms with van der Waals surface area (Å²) in [5.41, 5.74) is 6.36. The van der Waals surface area contributed by atoms with Gasteiger partial charge in [-0.05, 0) is 51.5 Å². The van der Waals surface area contributed by atoms with E-state index in [1.807, 2.05) is 0 Å². The molecule has 1 saturated carbocycles. The predicted octanol–water partition coefficient (Wildman–Crippen LogP) is 3.16. The van der Waals surface area contributed by atoms with Crippen molar-refractivity contribution in [2.45, 2.75) is 76.8 Å². The van der Waals surface area contributed by atoms with Crippen LogP contribution in [0.1, 0.15) is 65.2 Å². The van der Waals surface area contributed by atoms with Gasteiger partial charge in [0.1, 0.15) is 0 Å². The molecule has 0 bridgehead atoms. The maximum atomic E-state index is 6.10. The van der Waals surface area contributed by atoms with Crippen molar-refractivity contribution in [3.05, 3.63) is 0 Å². The Balaban J connectivity index is 2.11. The largest absolute Gasteiger partial charge is 0.329 e. The van der Waals surface area contributed by atoms with Gasteiger partial charge in [0.15, 0.2) is 0 Å². The van der Waals surface area contributed by atoms with Crippen LogP contribution < -0.4 is 5.73 Å². The van der Waals surface area contributed by atoms with Crippen LogP contribution in [0.2, 0.25) is 0 Å². The molecule has 0 spiro atoms. The van der Waals surface area contributed by atoms with Crippen LogP contribution >= 0.6 is 0 Å². The van der Waals surface area contributed by atoms with E-state index in [1.54, 1.807) is 0 Å². The van der Waals surface area contributed by atoms with Gasteiger partial charge in [0, 0.05) is 18.1 Å². The highest BCUT2D eigenvalue weighted by atomic mass is 15.2. The first-order chi connectivity index (χ1) is 8.21. The van der Waals surface area contributed by atoms with Crippen molar-refractivity contribution in [2.24, 2.45) is 11.7 Å². The van der Waals surface area contributed by atoms with E-state index in [4.69, 9.17) is 5.73 Å². The van der Waals surface area contributed by atoms with Crippen molar-refractivity contribution in [2.75, 3.05) is 13.1 Å². The number of nitrogens with two attached hydrogens (primary N) is 1. The molecule has 2 aliphatic rings. The number of fused-ring (bicyclic) bond motifs is 1. The van der Waals surface area contributed by atoms with Crippen LogP contribution in [-0.2, 0) is 0 Å². The highest BCUT2D eigenvalue weighted by molar-refractivity contribution is 4.97. The van der Waals surface area contributed by atoms with Crippen molar-refractivity contribution in [3.63, 3.8) is 0 Å². The second kappa shape index (κ2) is 5.71. The smallest absolute Gasteiger partial charge is 0.0306 e. The van der Waals surface area contributed by atoms with E-state index >= 15 is 0 Å². The number of piperidine rings is 1. The molecule has 1 saturated heterocycles. The Morgan fingerprint density at radius 3 is 2.59 bits per heavy atom. The Kier molecular flexibility index (Phi) is 4.48. The lowest BCUT2D eigenvalue weighted by Crippen LogP contribution is -2.60. The summed E-state index contributed by atoms with van der Waals surface area (Å²) < 4.78 is 0. The summed E-state index contributed by atoms with van der Waals surface area (Å²) in [6, 6.07) is 0.845. The molecule has 3 unspecified atom stereocenters. The second-order valence-corrected chi connectivity index (χ2v) is 6.40. The Hall–Kier alpha value is -0.0800. The molecule has 1 aliphatic heterocycles. The maximum Gasteiger partial charge on any atom is 0.0306 e. The van der Waals surface area contributed by atoms with Gasteiger partial charge in [0.2, 0.25) is 0 Å². The Bertz CT molecular complexity index is 239. The highest BCUT2D eigenvalue weighted by Crippen LogP contribution is 2.39. The lowest BCUT2D eigenvalue weighted by atomic mass is 9.75. The van der Waals surface area contributed by atoms with Crippen LogP contribution in [0, 0.1) is 5.92 Å². The fourth-order valence-corrected chi connectivity index (χ4v) is 4.20. The van der Waals surface area contributed by atoms with E-state index in [1.165, 1.54) is 57.9 Å². The monoisotopic (exact) mass is 238 g/mol. The summed E-state index contributed by atoms with van der Waals surface area (Å²) in [6.07, 6.45) is 11.1. The van der Waals surface area contributed by atoms with Gasteiger partial charge >= 0.3 is 0 Å². The quantitative estimate of drug-likeness (QED) is 0.815. The number of likely N-dealkylation sites (tertiary alicyclic amines) is 1. The Labute approximate surface area is 107 Å². The van der Waals surface area contributed by atoms with E-state index in [0.29, 0.717) is 0 Å². The molecule has 2 nitrogen and oxygen atoms in total. The molecule has 2 N–H and O–H groups in total. The van der Waals surface area contributed by atoms with Gasteiger partial charge in [-0.15, -0.1) is 0 Å². The predicted molar refractivity (Wildman–Crippen MR) is 74.1 cm³/mol. The minimum atomic E-state index is 0.259. The molecule has 1 aliphatic carbocycles. The number of nitrogens with zero attached hydrogens (tertiary/aromatic N) is 1. The van der Waals surface area contributed by atoms with Crippen LogP contribution in [0.5, 0.6) is 0 Å². The first kappa shape index (κ1) is 13.4. The first-order valence-corrected chi connectivity index (χ1v) is 7.68. The van der Waals surface area contributed by atoms with Crippen LogP contribution in [0.15, 0.2) is 0 Å². The zero-order chi connectivity index (χ0) is 12.3. The molecule has 0 aromatic carbocycles. The minimum absolute atomic E-state index is 0.259. The van der Waals surface area contributed by atoms with Gasteiger partial charge in [0.05, 0.1) is 0 Å². The van der Waals surface area contributed by atoms with E-state index < -0.39 is 0 Å². The van der Waals surface area contributed by atoms with Gasteiger partial charge in [-0.2, -0.15) is 0 Å². The lowest BCUT2D eigenvalue weighted by molar-refractivity contribution is -0.0214. The fourth-order valence-electron chi connectivity index (χ4n) is 4.20. The Morgan fingerprint density at radius 1 is 1.18 bits per heavy atom. The summed E-state index contributed by atoms with van der Waals surface area (Å²) in [4.78, 5) is 2.80. The molecule has 2 fully saturated rings. The van der Waals surface area contributed by atoms with Crippen LogP contribution in [0.25, 0.3) is 0 Å². The molecule has 1 heterocycles. The maximum absolute atomic E-state index is 6.10.